The van der Waals surface area contributed by atoms with E-state index in [1.54, 1.807) is 12.1 Å². The van der Waals surface area contributed by atoms with Crippen LogP contribution in [0.4, 0.5) is 0 Å². The third-order valence-corrected chi connectivity index (χ3v) is 2.83. The summed E-state index contributed by atoms with van der Waals surface area (Å²) in [5.41, 5.74) is 0. The van der Waals surface area contributed by atoms with Crippen molar-refractivity contribution in [1.29, 1.82) is 0 Å². The Kier molecular flexibility index (Phi) is 9.49. The zero-order valence-electron chi connectivity index (χ0n) is 12.6. The Bertz CT molecular complexity index is 421. The van der Waals surface area contributed by atoms with Crippen LogP contribution in [0.1, 0.15) is 31.3 Å². The van der Waals surface area contributed by atoms with Crippen molar-refractivity contribution in [3.05, 3.63) is 24.2 Å². The van der Waals surface area contributed by atoms with Crippen LogP contribution in [-0.2, 0) is 4.79 Å². The van der Waals surface area contributed by atoms with Gasteiger partial charge < -0.3 is 20.4 Å². The summed E-state index contributed by atoms with van der Waals surface area (Å²) in [6.07, 6.45) is 1.43. The fraction of sp³-hybridized carbons (Fsp3) is 0.571. The van der Waals surface area contributed by atoms with Gasteiger partial charge in [-0.15, -0.1) is 12.4 Å². The Labute approximate surface area is 131 Å². The summed E-state index contributed by atoms with van der Waals surface area (Å²) in [6, 6.07) is 2.63. The molecule has 7 heteroatoms. The molecule has 0 aliphatic carbocycles. The van der Waals surface area contributed by atoms with Crippen LogP contribution in [0.5, 0.6) is 0 Å². The fourth-order valence-electron chi connectivity index (χ4n) is 1.72. The van der Waals surface area contributed by atoms with E-state index in [4.69, 9.17) is 4.42 Å². The summed E-state index contributed by atoms with van der Waals surface area (Å²) in [5, 5.41) is 8.62. The Morgan fingerprint density at radius 2 is 2.00 bits per heavy atom. The highest BCUT2D eigenvalue weighted by atomic mass is 35.5. The summed E-state index contributed by atoms with van der Waals surface area (Å²) in [4.78, 5) is 24.0. The van der Waals surface area contributed by atoms with Crippen LogP contribution in [0, 0.1) is 5.92 Å². The maximum atomic E-state index is 12.1. The Morgan fingerprint density at radius 1 is 1.29 bits per heavy atom. The number of likely N-dealkylation sites (N-methyl/N-ethyl adjacent to an activating group) is 1. The molecule has 2 amide bonds. The molecule has 1 aromatic heterocycles. The van der Waals surface area contributed by atoms with Gasteiger partial charge in [0.2, 0.25) is 5.91 Å². The number of hydrogen-bond acceptors (Lipinski definition) is 4. The van der Waals surface area contributed by atoms with Crippen LogP contribution in [-0.4, -0.2) is 37.5 Å². The monoisotopic (exact) mass is 317 g/mol. The number of carbonyl (C=O) groups is 2. The maximum Gasteiger partial charge on any atom is 0.287 e. The SMILES string of the molecule is CCNCCNC(=O)C(NC(=O)c1ccco1)C(C)C.Cl. The second-order valence-electron chi connectivity index (χ2n) is 4.82. The van der Waals surface area contributed by atoms with Crippen LogP contribution in [0.3, 0.4) is 0 Å². The number of halogens is 1. The van der Waals surface area contributed by atoms with Crippen LogP contribution in [0.15, 0.2) is 22.8 Å². The first-order valence-corrected chi connectivity index (χ1v) is 6.89. The van der Waals surface area contributed by atoms with Gasteiger partial charge in [0.05, 0.1) is 6.26 Å². The lowest BCUT2D eigenvalue weighted by Crippen LogP contribution is -2.50. The molecule has 1 heterocycles. The standard InChI is InChI=1S/C14H23N3O3.ClH/c1-4-15-7-8-16-14(19)12(10(2)3)17-13(18)11-6-5-9-20-11;/h5-6,9-10,12,15H,4,7-8H2,1-3H3,(H,16,19)(H,17,18);1H. The Balaban J connectivity index is 0.00000400. The van der Waals surface area contributed by atoms with Gasteiger partial charge in [0.25, 0.3) is 5.91 Å². The minimum atomic E-state index is -0.575. The lowest BCUT2D eigenvalue weighted by Gasteiger charge is -2.21. The minimum absolute atomic E-state index is 0. The second-order valence-corrected chi connectivity index (χ2v) is 4.82. The minimum Gasteiger partial charge on any atom is -0.459 e. The highest BCUT2D eigenvalue weighted by Gasteiger charge is 2.25. The van der Waals surface area contributed by atoms with Crippen LogP contribution in [0.25, 0.3) is 0 Å². The molecule has 0 aliphatic heterocycles. The first-order valence-electron chi connectivity index (χ1n) is 6.89. The molecule has 0 aliphatic rings. The lowest BCUT2D eigenvalue weighted by molar-refractivity contribution is -0.123. The van der Waals surface area contributed by atoms with E-state index in [1.807, 2.05) is 20.8 Å². The smallest absolute Gasteiger partial charge is 0.287 e. The average Bonchev–Trinajstić information content (AvgIpc) is 2.94. The number of furan rings is 1. The molecule has 0 saturated carbocycles. The number of amides is 2. The molecule has 21 heavy (non-hydrogen) atoms. The van der Waals surface area contributed by atoms with Gasteiger partial charge in [0.15, 0.2) is 5.76 Å². The zero-order chi connectivity index (χ0) is 15.0. The average molecular weight is 318 g/mol. The molecule has 1 rings (SSSR count). The molecule has 120 valence electrons. The third-order valence-electron chi connectivity index (χ3n) is 2.83. The van der Waals surface area contributed by atoms with E-state index in [-0.39, 0.29) is 35.9 Å². The van der Waals surface area contributed by atoms with Crippen molar-refractivity contribution in [3.63, 3.8) is 0 Å². The Hall–Kier alpha value is -1.53. The van der Waals surface area contributed by atoms with Crippen LogP contribution in [0.2, 0.25) is 0 Å². The molecule has 0 radical (unpaired) electrons. The third kappa shape index (κ3) is 6.64. The summed E-state index contributed by atoms with van der Waals surface area (Å²) in [7, 11) is 0. The van der Waals surface area contributed by atoms with Gasteiger partial charge in [-0.25, -0.2) is 0 Å². The molecule has 0 aromatic carbocycles. The van der Waals surface area contributed by atoms with E-state index < -0.39 is 6.04 Å². The van der Waals surface area contributed by atoms with Crippen LogP contribution < -0.4 is 16.0 Å². The van der Waals surface area contributed by atoms with Gasteiger partial charge in [-0.05, 0) is 24.6 Å². The summed E-state index contributed by atoms with van der Waals surface area (Å²) in [5.74, 6) is -0.363. The van der Waals surface area contributed by atoms with Crippen LogP contribution >= 0.6 is 12.4 Å². The molecule has 1 aromatic rings. The van der Waals surface area contributed by atoms with Crippen molar-refractivity contribution in [1.82, 2.24) is 16.0 Å². The van der Waals surface area contributed by atoms with E-state index in [1.165, 1.54) is 6.26 Å². The largest absolute Gasteiger partial charge is 0.459 e. The first-order chi connectivity index (χ1) is 9.56. The van der Waals surface area contributed by atoms with Gasteiger partial charge in [0, 0.05) is 13.1 Å². The Morgan fingerprint density at radius 3 is 2.52 bits per heavy atom. The number of carbonyl (C=O) groups excluding carboxylic acids is 2. The summed E-state index contributed by atoms with van der Waals surface area (Å²) >= 11 is 0. The molecule has 1 atom stereocenters. The molecule has 3 N–H and O–H groups in total. The normalized spacial score (nSPS) is 11.6. The molecule has 6 nitrogen and oxygen atoms in total. The van der Waals surface area contributed by atoms with E-state index >= 15 is 0 Å². The molecular weight excluding hydrogens is 294 g/mol. The summed E-state index contributed by atoms with van der Waals surface area (Å²) in [6.45, 7) is 7.88. The summed E-state index contributed by atoms with van der Waals surface area (Å²) < 4.78 is 5.01. The van der Waals surface area contributed by atoms with E-state index in [0.717, 1.165) is 6.54 Å². The van der Waals surface area contributed by atoms with E-state index in [2.05, 4.69) is 16.0 Å². The van der Waals surface area contributed by atoms with Crippen molar-refractivity contribution in [3.8, 4) is 0 Å². The highest BCUT2D eigenvalue weighted by Crippen LogP contribution is 2.05. The topological polar surface area (TPSA) is 83.4 Å². The molecule has 0 bridgehead atoms. The van der Waals surface area contributed by atoms with Crippen molar-refractivity contribution in [2.24, 2.45) is 5.92 Å². The van der Waals surface area contributed by atoms with Gasteiger partial charge in [0.1, 0.15) is 6.04 Å². The maximum absolute atomic E-state index is 12.1. The van der Waals surface area contributed by atoms with Crippen molar-refractivity contribution >= 4 is 24.2 Å². The molecule has 0 saturated heterocycles. The molecule has 0 fully saturated rings. The van der Waals surface area contributed by atoms with Crippen molar-refractivity contribution < 1.29 is 14.0 Å². The predicted molar refractivity (Wildman–Crippen MR) is 83.6 cm³/mol. The second kappa shape index (κ2) is 10.2. The molecule has 0 spiro atoms. The van der Waals surface area contributed by atoms with Gasteiger partial charge >= 0.3 is 0 Å². The number of hydrogen-bond donors (Lipinski definition) is 3. The quantitative estimate of drug-likeness (QED) is 0.629. The molecular formula is C14H24ClN3O3. The zero-order valence-corrected chi connectivity index (χ0v) is 13.5. The predicted octanol–water partition coefficient (Wildman–Crippen LogP) is 1.18. The van der Waals surface area contributed by atoms with Gasteiger partial charge in [-0.1, -0.05) is 20.8 Å². The van der Waals surface area contributed by atoms with Gasteiger partial charge in [-0.3, -0.25) is 9.59 Å². The van der Waals surface area contributed by atoms with Gasteiger partial charge in [-0.2, -0.15) is 0 Å². The first kappa shape index (κ1) is 19.5. The molecule has 1 unspecified atom stereocenters. The fourth-order valence-corrected chi connectivity index (χ4v) is 1.72. The van der Waals surface area contributed by atoms with E-state index in [9.17, 15) is 9.59 Å². The number of nitrogens with one attached hydrogen (secondary N) is 3. The number of rotatable bonds is 8. The van der Waals surface area contributed by atoms with Crippen molar-refractivity contribution in [2.75, 3.05) is 19.6 Å². The van der Waals surface area contributed by atoms with Crippen molar-refractivity contribution in [2.45, 2.75) is 26.8 Å². The highest BCUT2D eigenvalue weighted by molar-refractivity contribution is 5.95. The lowest BCUT2D eigenvalue weighted by atomic mass is 10.0. The van der Waals surface area contributed by atoms with E-state index in [0.29, 0.717) is 13.1 Å².